The molecule has 1 heterocycles. The zero-order valence-electron chi connectivity index (χ0n) is 12.9. The summed E-state index contributed by atoms with van der Waals surface area (Å²) in [5.74, 6) is -0.185. The minimum absolute atomic E-state index is 0.179. The number of nitrogens with zero attached hydrogens (tertiary/aromatic N) is 1. The van der Waals surface area contributed by atoms with E-state index in [1.54, 1.807) is 11.9 Å². The van der Waals surface area contributed by atoms with Gasteiger partial charge < -0.3 is 15.6 Å². The number of carbonyl (C=O) groups is 1. The fourth-order valence-electron chi connectivity index (χ4n) is 2.40. The number of rotatable bonds is 4. The molecule has 1 amide bonds. The van der Waals surface area contributed by atoms with Crippen LogP contribution in [-0.4, -0.2) is 35.9 Å². The van der Waals surface area contributed by atoms with Crippen LogP contribution in [0.1, 0.15) is 24.2 Å². The van der Waals surface area contributed by atoms with Crippen molar-refractivity contribution in [2.24, 2.45) is 11.1 Å². The molecule has 0 fully saturated rings. The van der Waals surface area contributed by atoms with Crippen LogP contribution in [0.2, 0.25) is 0 Å². The van der Waals surface area contributed by atoms with Crippen molar-refractivity contribution in [3.05, 3.63) is 44.7 Å². The third-order valence-electron chi connectivity index (χ3n) is 3.62. The van der Waals surface area contributed by atoms with Crippen LogP contribution < -0.4 is 11.3 Å². The molecule has 2 aromatic rings. The quantitative estimate of drug-likeness (QED) is 0.872. The first kappa shape index (κ1) is 16.7. The molecular formula is C16H20BrN3O2. The number of fused-ring (bicyclic) bond motifs is 1. The smallest absolute Gasteiger partial charge is 0.254 e. The van der Waals surface area contributed by atoms with Crippen molar-refractivity contribution in [1.29, 1.82) is 0 Å². The van der Waals surface area contributed by atoms with Crippen molar-refractivity contribution in [1.82, 2.24) is 9.88 Å². The van der Waals surface area contributed by atoms with E-state index in [0.29, 0.717) is 24.2 Å². The second-order valence-electron chi connectivity index (χ2n) is 6.24. The van der Waals surface area contributed by atoms with Crippen LogP contribution in [-0.2, 0) is 0 Å². The molecule has 0 bridgehead atoms. The Kier molecular flexibility index (Phi) is 4.72. The number of hydrogen-bond acceptors (Lipinski definition) is 3. The van der Waals surface area contributed by atoms with E-state index in [2.05, 4.69) is 20.9 Å². The molecule has 0 unspecified atom stereocenters. The monoisotopic (exact) mass is 365 g/mol. The van der Waals surface area contributed by atoms with Gasteiger partial charge in [-0.15, -0.1) is 0 Å². The van der Waals surface area contributed by atoms with Gasteiger partial charge in [0.1, 0.15) is 0 Å². The maximum atomic E-state index is 12.7. The van der Waals surface area contributed by atoms with Crippen LogP contribution in [0.25, 0.3) is 10.9 Å². The topological polar surface area (TPSA) is 79.2 Å². The maximum absolute atomic E-state index is 12.7. The highest BCUT2D eigenvalue weighted by Crippen LogP contribution is 2.24. The summed E-state index contributed by atoms with van der Waals surface area (Å²) in [5, 5.41) is 0.719. The Bertz CT molecular complexity index is 768. The average molecular weight is 366 g/mol. The second-order valence-corrected chi connectivity index (χ2v) is 7.09. The Balaban J connectivity index is 2.48. The Labute approximate surface area is 137 Å². The molecule has 1 aromatic carbocycles. The Morgan fingerprint density at radius 3 is 2.73 bits per heavy atom. The second kappa shape index (κ2) is 6.22. The zero-order valence-corrected chi connectivity index (χ0v) is 14.5. The van der Waals surface area contributed by atoms with Crippen molar-refractivity contribution in [3.63, 3.8) is 0 Å². The van der Waals surface area contributed by atoms with Gasteiger partial charge in [0, 0.05) is 29.5 Å². The van der Waals surface area contributed by atoms with Crippen molar-refractivity contribution in [2.75, 3.05) is 20.1 Å². The number of halogens is 1. The van der Waals surface area contributed by atoms with Gasteiger partial charge in [-0.25, -0.2) is 0 Å². The standard InChI is InChI=1S/C16H20BrN3O2/c1-16(2,8-18)9-20(3)15(22)11-7-13(21)19-14-10(11)5-4-6-12(14)17/h4-7H,8-9,18H2,1-3H3,(H,19,21). The Hall–Kier alpha value is -1.66. The predicted octanol–water partition coefficient (Wildman–Crippen LogP) is 2.35. The highest BCUT2D eigenvalue weighted by molar-refractivity contribution is 9.10. The van der Waals surface area contributed by atoms with Gasteiger partial charge in [0.2, 0.25) is 5.56 Å². The molecule has 0 radical (unpaired) electrons. The van der Waals surface area contributed by atoms with Gasteiger partial charge in [-0.1, -0.05) is 26.0 Å². The van der Waals surface area contributed by atoms with Crippen molar-refractivity contribution >= 4 is 32.7 Å². The summed E-state index contributed by atoms with van der Waals surface area (Å²) in [7, 11) is 1.73. The number of benzene rings is 1. The van der Waals surface area contributed by atoms with E-state index in [1.807, 2.05) is 32.0 Å². The van der Waals surface area contributed by atoms with Gasteiger partial charge in [0.25, 0.3) is 5.91 Å². The van der Waals surface area contributed by atoms with E-state index >= 15 is 0 Å². The first-order chi connectivity index (χ1) is 10.2. The molecule has 2 rings (SSSR count). The van der Waals surface area contributed by atoms with Crippen LogP contribution >= 0.6 is 15.9 Å². The third kappa shape index (κ3) is 3.39. The van der Waals surface area contributed by atoms with Gasteiger partial charge in [-0.05, 0) is 34.0 Å². The average Bonchev–Trinajstić information content (AvgIpc) is 2.46. The number of aromatic nitrogens is 1. The SMILES string of the molecule is CN(CC(C)(C)CN)C(=O)c1cc(=O)[nH]c2c(Br)cccc12. The van der Waals surface area contributed by atoms with Crippen LogP contribution in [0.15, 0.2) is 33.5 Å². The van der Waals surface area contributed by atoms with Crippen LogP contribution in [0.5, 0.6) is 0 Å². The molecule has 0 saturated carbocycles. The summed E-state index contributed by atoms with van der Waals surface area (Å²) in [5.41, 5.74) is 6.28. The van der Waals surface area contributed by atoms with Gasteiger partial charge in [0.05, 0.1) is 11.1 Å². The molecule has 0 aliphatic rings. The fraction of sp³-hybridized carbons (Fsp3) is 0.375. The largest absolute Gasteiger partial charge is 0.341 e. The van der Waals surface area contributed by atoms with Crippen LogP contribution in [0.4, 0.5) is 0 Å². The number of H-pyrrole nitrogens is 1. The molecule has 6 heteroatoms. The molecular weight excluding hydrogens is 346 g/mol. The number of aromatic amines is 1. The molecule has 0 aliphatic heterocycles. The Morgan fingerprint density at radius 1 is 1.41 bits per heavy atom. The zero-order chi connectivity index (χ0) is 16.5. The summed E-state index contributed by atoms with van der Waals surface area (Å²) in [4.78, 5) is 29.0. The van der Waals surface area contributed by atoms with Crippen molar-refractivity contribution in [2.45, 2.75) is 13.8 Å². The van der Waals surface area contributed by atoms with E-state index in [-0.39, 0.29) is 16.9 Å². The molecule has 0 saturated heterocycles. The summed E-state index contributed by atoms with van der Waals surface area (Å²) in [6.07, 6.45) is 0. The Morgan fingerprint density at radius 2 is 2.09 bits per heavy atom. The number of hydrogen-bond donors (Lipinski definition) is 2. The van der Waals surface area contributed by atoms with Gasteiger partial charge >= 0.3 is 0 Å². The predicted molar refractivity (Wildman–Crippen MR) is 92.1 cm³/mol. The van der Waals surface area contributed by atoms with E-state index in [0.717, 1.165) is 9.86 Å². The van der Waals surface area contributed by atoms with E-state index in [4.69, 9.17) is 5.73 Å². The van der Waals surface area contributed by atoms with Crippen LogP contribution in [0.3, 0.4) is 0 Å². The number of nitrogens with two attached hydrogens (primary N) is 1. The van der Waals surface area contributed by atoms with Crippen LogP contribution in [0, 0.1) is 5.41 Å². The van der Waals surface area contributed by atoms with E-state index in [1.165, 1.54) is 6.07 Å². The molecule has 3 N–H and O–H groups in total. The lowest BCUT2D eigenvalue weighted by Crippen LogP contribution is -2.40. The number of carbonyl (C=O) groups excluding carboxylic acids is 1. The summed E-state index contributed by atoms with van der Waals surface area (Å²) < 4.78 is 0.752. The van der Waals surface area contributed by atoms with Crippen molar-refractivity contribution in [3.8, 4) is 0 Å². The summed E-state index contributed by atoms with van der Waals surface area (Å²) in [6, 6.07) is 6.84. The normalized spacial score (nSPS) is 11.7. The minimum atomic E-state index is -0.297. The number of amides is 1. The van der Waals surface area contributed by atoms with E-state index in [9.17, 15) is 9.59 Å². The maximum Gasteiger partial charge on any atom is 0.254 e. The minimum Gasteiger partial charge on any atom is -0.341 e. The number of para-hydroxylation sites is 1. The molecule has 0 aliphatic carbocycles. The summed E-state index contributed by atoms with van der Waals surface area (Å²) in [6.45, 7) is 5.00. The highest BCUT2D eigenvalue weighted by Gasteiger charge is 2.23. The molecule has 5 nitrogen and oxygen atoms in total. The lowest BCUT2D eigenvalue weighted by molar-refractivity contribution is 0.0742. The number of pyridine rings is 1. The third-order valence-corrected chi connectivity index (χ3v) is 4.28. The lowest BCUT2D eigenvalue weighted by Gasteiger charge is -2.29. The fourth-order valence-corrected chi connectivity index (χ4v) is 2.87. The summed E-state index contributed by atoms with van der Waals surface area (Å²) >= 11 is 3.40. The van der Waals surface area contributed by atoms with Gasteiger partial charge in [-0.3, -0.25) is 9.59 Å². The molecule has 1 aromatic heterocycles. The molecule has 0 atom stereocenters. The van der Waals surface area contributed by atoms with Gasteiger partial charge in [-0.2, -0.15) is 0 Å². The van der Waals surface area contributed by atoms with Crippen molar-refractivity contribution < 1.29 is 4.79 Å². The number of nitrogens with one attached hydrogen (secondary N) is 1. The first-order valence-electron chi connectivity index (χ1n) is 7.02. The molecule has 0 spiro atoms. The highest BCUT2D eigenvalue weighted by atomic mass is 79.9. The molecule has 118 valence electrons. The first-order valence-corrected chi connectivity index (χ1v) is 7.81. The lowest BCUT2D eigenvalue weighted by atomic mass is 9.93. The van der Waals surface area contributed by atoms with E-state index < -0.39 is 0 Å². The van der Waals surface area contributed by atoms with Gasteiger partial charge in [0.15, 0.2) is 0 Å². The molecule has 22 heavy (non-hydrogen) atoms.